The van der Waals surface area contributed by atoms with Gasteiger partial charge >= 0.3 is 6.18 Å². The van der Waals surface area contributed by atoms with E-state index in [1.807, 2.05) is 0 Å². The van der Waals surface area contributed by atoms with Crippen LogP contribution in [-0.4, -0.2) is 22.8 Å². The molecular formula is C11H10F3N3OS. The maximum atomic E-state index is 11.9. The Hall–Kier alpha value is -1.83. The number of anilines is 1. The molecule has 0 bridgehead atoms. The second-order valence-electron chi connectivity index (χ2n) is 3.61. The number of alkyl halides is 3. The predicted molar refractivity (Wildman–Crippen MR) is 65.2 cm³/mol. The van der Waals surface area contributed by atoms with E-state index in [0.717, 1.165) is 4.88 Å². The summed E-state index contributed by atoms with van der Waals surface area (Å²) in [5.41, 5.74) is 2.43. The van der Waals surface area contributed by atoms with Gasteiger partial charge in [0.25, 0.3) is 0 Å². The molecule has 0 atom stereocenters. The quantitative estimate of drug-likeness (QED) is 0.919. The highest BCUT2D eigenvalue weighted by Gasteiger charge is 2.28. The molecule has 102 valence electrons. The van der Waals surface area contributed by atoms with Crippen molar-refractivity contribution < 1.29 is 17.9 Å². The van der Waals surface area contributed by atoms with E-state index in [0.29, 0.717) is 12.2 Å². The van der Waals surface area contributed by atoms with Gasteiger partial charge < -0.3 is 10.1 Å². The first-order valence-corrected chi connectivity index (χ1v) is 6.18. The van der Waals surface area contributed by atoms with Crippen molar-refractivity contribution in [2.45, 2.75) is 12.7 Å². The maximum Gasteiger partial charge on any atom is 0.422 e. The number of hydrogen-bond acceptors (Lipinski definition) is 5. The van der Waals surface area contributed by atoms with E-state index in [-0.39, 0.29) is 5.88 Å². The Kier molecular flexibility index (Phi) is 4.20. The van der Waals surface area contributed by atoms with Crippen LogP contribution in [0.2, 0.25) is 0 Å². The second-order valence-corrected chi connectivity index (χ2v) is 4.58. The average molecular weight is 289 g/mol. The van der Waals surface area contributed by atoms with Gasteiger partial charge in [-0.2, -0.15) is 13.2 Å². The number of pyridine rings is 1. The monoisotopic (exact) mass is 289 g/mol. The zero-order chi connectivity index (χ0) is 13.7. The van der Waals surface area contributed by atoms with Crippen LogP contribution in [0, 0.1) is 0 Å². The summed E-state index contributed by atoms with van der Waals surface area (Å²) >= 11 is 1.51. The van der Waals surface area contributed by atoms with Crippen LogP contribution in [0.4, 0.5) is 18.9 Å². The summed E-state index contributed by atoms with van der Waals surface area (Å²) in [5.74, 6) is -0.0549. The van der Waals surface area contributed by atoms with Gasteiger partial charge in [-0.05, 0) is 6.07 Å². The Morgan fingerprint density at radius 3 is 2.68 bits per heavy atom. The number of nitrogens with one attached hydrogen (secondary N) is 1. The van der Waals surface area contributed by atoms with Crippen molar-refractivity contribution >= 4 is 17.0 Å². The van der Waals surface area contributed by atoms with Crippen molar-refractivity contribution in [3.8, 4) is 5.88 Å². The molecule has 4 nitrogen and oxygen atoms in total. The second kappa shape index (κ2) is 5.87. The SMILES string of the molecule is FC(F)(F)COc1ccc(NCc2cncs2)cn1. The Bertz CT molecular complexity index is 499. The fraction of sp³-hybridized carbons (Fsp3) is 0.273. The summed E-state index contributed by atoms with van der Waals surface area (Å²) in [7, 11) is 0. The lowest BCUT2D eigenvalue weighted by Gasteiger charge is -2.09. The Labute approximate surface area is 111 Å². The number of aromatic nitrogens is 2. The van der Waals surface area contributed by atoms with Crippen LogP contribution in [0.5, 0.6) is 5.88 Å². The zero-order valence-electron chi connectivity index (χ0n) is 9.65. The molecular weight excluding hydrogens is 279 g/mol. The van der Waals surface area contributed by atoms with Crippen LogP contribution in [-0.2, 0) is 6.54 Å². The number of halogens is 3. The molecule has 0 saturated heterocycles. The number of hydrogen-bond donors (Lipinski definition) is 1. The molecule has 0 unspecified atom stereocenters. The molecule has 2 aromatic heterocycles. The van der Waals surface area contributed by atoms with E-state index in [1.165, 1.54) is 23.6 Å². The molecule has 0 aliphatic carbocycles. The van der Waals surface area contributed by atoms with Gasteiger partial charge in [0.1, 0.15) is 0 Å². The largest absolute Gasteiger partial charge is 0.468 e. The van der Waals surface area contributed by atoms with Crippen LogP contribution in [0.3, 0.4) is 0 Å². The highest BCUT2D eigenvalue weighted by atomic mass is 32.1. The number of ether oxygens (including phenoxy) is 1. The van der Waals surface area contributed by atoms with Crippen molar-refractivity contribution in [2.24, 2.45) is 0 Å². The summed E-state index contributed by atoms with van der Waals surface area (Å²) < 4.78 is 40.3. The van der Waals surface area contributed by atoms with Crippen LogP contribution in [0.25, 0.3) is 0 Å². The minimum Gasteiger partial charge on any atom is -0.468 e. The standard InChI is InChI=1S/C11H10F3N3OS/c12-11(13,14)6-18-10-2-1-8(3-17-10)16-5-9-4-15-7-19-9/h1-4,7,16H,5-6H2. The molecule has 0 saturated carbocycles. The third-order valence-electron chi connectivity index (χ3n) is 2.07. The lowest BCUT2D eigenvalue weighted by Crippen LogP contribution is -2.19. The smallest absolute Gasteiger partial charge is 0.422 e. The average Bonchev–Trinajstić information content (AvgIpc) is 2.87. The predicted octanol–water partition coefficient (Wildman–Crippen LogP) is 3.09. The molecule has 1 N–H and O–H groups in total. The molecule has 2 aromatic rings. The van der Waals surface area contributed by atoms with Gasteiger partial charge in [0.05, 0.1) is 23.9 Å². The van der Waals surface area contributed by atoms with Crippen LogP contribution >= 0.6 is 11.3 Å². The van der Waals surface area contributed by atoms with Crippen LogP contribution in [0.15, 0.2) is 30.0 Å². The summed E-state index contributed by atoms with van der Waals surface area (Å²) in [6.45, 7) is -0.747. The van der Waals surface area contributed by atoms with Gasteiger partial charge in [-0.3, -0.25) is 4.98 Å². The van der Waals surface area contributed by atoms with Gasteiger partial charge in [0.2, 0.25) is 5.88 Å². The molecule has 2 heterocycles. The van der Waals surface area contributed by atoms with E-state index >= 15 is 0 Å². The first kappa shape index (κ1) is 13.6. The van der Waals surface area contributed by atoms with Crippen LogP contribution in [0.1, 0.15) is 4.88 Å². The summed E-state index contributed by atoms with van der Waals surface area (Å²) in [5, 5.41) is 3.08. The molecule has 8 heteroatoms. The van der Waals surface area contributed by atoms with Gasteiger partial charge in [-0.25, -0.2) is 4.98 Å². The molecule has 0 aliphatic rings. The van der Waals surface area contributed by atoms with Crippen molar-refractivity contribution in [3.63, 3.8) is 0 Å². The normalized spacial score (nSPS) is 11.3. The third kappa shape index (κ3) is 4.74. The number of thiazole rings is 1. The molecule has 0 spiro atoms. The third-order valence-corrected chi connectivity index (χ3v) is 2.85. The fourth-order valence-corrected chi connectivity index (χ4v) is 1.78. The molecule has 0 radical (unpaired) electrons. The first-order valence-electron chi connectivity index (χ1n) is 5.30. The number of rotatable bonds is 5. The molecule has 0 fully saturated rings. The van der Waals surface area contributed by atoms with E-state index < -0.39 is 12.8 Å². The Balaban J connectivity index is 1.84. The molecule has 2 rings (SSSR count). The zero-order valence-corrected chi connectivity index (χ0v) is 10.5. The fourth-order valence-electron chi connectivity index (χ4n) is 1.24. The van der Waals surface area contributed by atoms with Gasteiger partial charge in [-0.15, -0.1) is 11.3 Å². The Morgan fingerprint density at radius 2 is 2.11 bits per heavy atom. The first-order chi connectivity index (χ1) is 9.03. The van der Waals surface area contributed by atoms with Crippen molar-refractivity contribution in [3.05, 3.63) is 34.9 Å². The van der Waals surface area contributed by atoms with Crippen molar-refractivity contribution in [1.29, 1.82) is 0 Å². The van der Waals surface area contributed by atoms with Gasteiger partial charge in [0, 0.05) is 17.1 Å². The highest BCUT2D eigenvalue weighted by molar-refractivity contribution is 7.09. The van der Waals surface area contributed by atoms with E-state index in [9.17, 15) is 13.2 Å². The molecule has 0 aromatic carbocycles. The molecule has 0 aliphatic heterocycles. The van der Waals surface area contributed by atoms with Crippen LogP contribution < -0.4 is 10.1 Å². The summed E-state index contributed by atoms with van der Waals surface area (Å²) in [6.07, 6.45) is -1.19. The lowest BCUT2D eigenvalue weighted by molar-refractivity contribution is -0.154. The number of nitrogens with zero attached hydrogens (tertiary/aromatic N) is 2. The van der Waals surface area contributed by atoms with E-state index in [1.54, 1.807) is 17.8 Å². The lowest BCUT2D eigenvalue weighted by atomic mass is 10.4. The van der Waals surface area contributed by atoms with Crippen molar-refractivity contribution in [2.75, 3.05) is 11.9 Å². The van der Waals surface area contributed by atoms with E-state index in [4.69, 9.17) is 0 Å². The molecule has 0 amide bonds. The molecule has 19 heavy (non-hydrogen) atoms. The topological polar surface area (TPSA) is 47.0 Å². The van der Waals surface area contributed by atoms with E-state index in [2.05, 4.69) is 20.0 Å². The summed E-state index contributed by atoms with van der Waals surface area (Å²) in [6, 6.07) is 3.00. The highest BCUT2D eigenvalue weighted by Crippen LogP contribution is 2.18. The van der Waals surface area contributed by atoms with Crippen molar-refractivity contribution in [1.82, 2.24) is 9.97 Å². The maximum absolute atomic E-state index is 11.9. The minimum atomic E-state index is -4.36. The summed E-state index contributed by atoms with van der Waals surface area (Å²) in [4.78, 5) is 8.77. The minimum absolute atomic E-state index is 0.0549. The Morgan fingerprint density at radius 1 is 1.26 bits per heavy atom. The van der Waals surface area contributed by atoms with Gasteiger partial charge in [0.15, 0.2) is 6.61 Å². The van der Waals surface area contributed by atoms with Gasteiger partial charge in [-0.1, -0.05) is 0 Å².